The molecule has 0 fully saturated rings. The maximum Gasteiger partial charge on any atom is 0.320 e. The van der Waals surface area contributed by atoms with Gasteiger partial charge >= 0.3 is 5.69 Å². The summed E-state index contributed by atoms with van der Waals surface area (Å²) < 4.78 is 0. The van der Waals surface area contributed by atoms with Gasteiger partial charge in [0, 0.05) is 4.90 Å². The average molecular weight is 262 g/mol. The van der Waals surface area contributed by atoms with E-state index in [2.05, 4.69) is 9.97 Å². The highest BCUT2D eigenvalue weighted by molar-refractivity contribution is 7.99. The molecule has 6 nitrogen and oxygen atoms in total. The van der Waals surface area contributed by atoms with Crippen molar-refractivity contribution in [2.45, 2.75) is 16.8 Å². The minimum atomic E-state index is -0.518. The highest BCUT2D eigenvalue weighted by Crippen LogP contribution is 2.32. The third kappa shape index (κ3) is 2.75. The molecule has 92 valence electrons. The molecule has 1 heterocycles. The summed E-state index contributed by atoms with van der Waals surface area (Å²) >= 11 is 1.19. The summed E-state index contributed by atoms with van der Waals surface area (Å²) in [7, 11) is 0. The van der Waals surface area contributed by atoms with Crippen LogP contribution in [0.1, 0.15) is 5.56 Å². The first-order valence-corrected chi connectivity index (χ1v) is 5.89. The first-order chi connectivity index (χ1) is 8.56. The number of nitro groups is 1. The molecule has 2 aromatic rings. The zero-order valence-electron chi connectivity index (χ0n) is 9.53. The number of hydrogen-bond acceptors (Lipinski definition) is 6. The van der Waals surface area contributed by atoms with Crippen molar-refractivity contribution in [2.24, 2.45) is 0 Å². The molecule has 0 bridgehead atoms. The second-order valence-electron chi connectivity index (χ2n) is 3.59. The zero-order valence-corrected chi connectivity index (χ0v) is 10.3. The molecule has 0 unspecified atom stereocenters. The fourth-order valence-corrected chi connectivity index (χ4v) is 2.16. The maximum atomic E-state index is 10.8. The smallest absolute Gasteiger partial charge is 0.320 e. The van der Waals surface area contributed by atoms with Gasteiger partial charge in [-0.1, -0.05) is 29.5 Å². The lowest BCUT2D eigenvalue weighted by molar-refractivity contribution is -0.388. The van der Waals surface area contributed by atoms with Gasteiger partial charge in [0.15, 0.2) is 5.03 Å². The summed E-state index contributed by atoms with van der Waals surface area (Å²) in [6, 6.07) is 7.61. The Morgan fingerprint density at radius 3 is 2.61 bits per heavy atom. The van der Waals surface area contributed by atoms with Crippen molar-refractivity contribution in [3.63, 3.8) is 0 Å². The molecular formula is C11H10N4O2S. The van der Waals surface area contributed by atoms with Crippen molar-refractivity contribution in [1.82, 2.24) is 9.97 Å². The Kier molecular flexibility index (Phi) is 3.42. The molecule has 7 heteroatoms. The summed E-state index contributed by atoms with van der Waals surface area (Å²) in [6.07, 6.45) is 1.12. The van der Waals surface area contributed by atoms with Gasteiger partial charge in [0.2, 0.25) is 5.95 Å². The summed E-state index contributed by atoms with van der Waals surface area (Å²) in [5, 5.41) is 11.1. The van der Waals surface area contributed by atoms with Crippen molar-refractivity contribution in [3.05, 3.63) is 46.1 Å². The predicted octanol–water partition coefficient (Wildman–Crippen LogP) is 2.43. The van der Waals surface area contributed by atoms with Crippen LogP contribution in [-0.4, -0.2) is 14.9 Å². The number of rotatable bonds is 3. The Balaban J connectivity index is 2.35. The first kappa shape index (κ1) is 12.3. The number of benzene rings is 1. The summed E-state index contributed by atoms with van der Waals surface area (Å²) in [5.74, 6) is 0.0233. The highest BCUT2D eigenvalue weighted by Gasteiger charge is 2.17. The monoisotopic (exact) mass is 262 g/mol. The molecule has 1 aromatic heterocycles. The van der Waals surface area contributed by atoms with Crippen molar-refractivity contribution in [2.75, 3.05) is 5.73 Å². The molecule has 0 saturated carbocycles. The van der Waals surface area contributed by atoms with Crippen LogP contribution < -0.4 is 5.73 Å². The summed E-state index contributed by atoms with van der Waals surface area (Å²) in [4.78, 5) is 18.7. The van der Waals surface area contributed by atoms with Crippen LogP contribution >= 0.6 is 11.8 Å². The molecule has 0 atom stereocenters. The van der Waals surface area contributed by atoms with E-state index in [4.69, 9.17) is 5.73 Å². The van der Waals surface area contributed by atoms with Crippen LogP contribution in [0.3, 0.4) is 0 Å². The fourth-order valence-electron chi connectivity index (χ4n) is 1.29. The van der Waals surface area contributed by atoms with E-state index in [1.807, 2.05) is 31.2 Å². The lowest BCUT2D eigenvalue weighted by Gasteiger charge is -2.03. The van der Waals surface area contributed by atoms with Crippen LogP contribution in [-0.2, 0) is 0 Å². The minimum absolute atomic E-state index is 0.0233. The highest BCUT2D eigenvalue weighted by atomic mass is 32.2. The van der Waals surface area contributed by atoms with E-state index in [-0.39, 0.29) is 16.7 Å². The third-order valence-corrected chi connectivity index (χ3v) is 3.19. The Morgan fingerprint density at radius 2 is 2.00 bits per heavy atom. The molecule has 1 aromatic carbocycles. The van der Waals surface area contributed by atoms with Crippen molar-refractivity contribution in [3.8, 4) is 0 Å². The molecular weight excluding hydrogens is 252 g/mol. The van der Waals surface area contributed by atoms with Gasteiger partial charge in [-0.2, -0.15) is 4.98 Å². The zero-order chi connectivity index (χ0) is 13.1. The lowest BCUT2D eigenvalue weighted by atomic mass is 10.2. The second-order valence-corrected chi connectivity index (χ2v) is 4.65. The number of aryl methyl sites for hydroxylation is 1. The van der Waals surface area contributed by atoms with Crippen LogP contribution in [0.5, 0.6) is 0 Å². The van der Waals surface area contributed by atoms with E-state index in [9.17, 15) is 10.1 Å². The largest absolute Gasteiger partial charge is 0.368 e. The van der Waals surface area contributed by atoms with Crippen LogP contribution in [0.4, 0.5) is 11.6 Å². The molecule has 0 saturated heterocycles. The van der Waals surface area contributed by atoms with Crippen LogP contribution in [0.15, 0.2) is 40.4 Å². The Labute approximate surface area is 107 Å². The number of hydrogen-bond donors (Lipinski definition) is 1. The van der Waals surface area contributed by atoms with E-state index in [1.54, 1.807) is 0 Å². The number of nitrogens with zero attached hydrogens (tertiary/aromatic N) is 3. The molecule has 18 heavy (non-hydrogen) atoms. The van der Waals surface area contributed by atoms with Gasteiger partial charge in [-0.05, 0) is 19.1 Å². The van der Waals surface area contributed by atoms with Gasteiger partial charge in [-0.15, -0.1) is 0 Å². The molecule has 0 aliphatic rings. The lowest BCUT2D eigenvalue weighted by Crippen LogP contribution is -2.00. The van der Waals surface area contributed by atoms with Crippen LogP contribution in [0.25, 0.3) is 0 Å². The maximum absolute atomic E-state index is 10.8. The number of nitrogen functional groups attached to an aromatic ring is 1. The predicted molar refractivity (Wildman–Crippen MR) is 68.4 cm³/mol. The van der Waals surface area contributed by atoms with Gasteiger partial charge in [-0.3, -0.25) is 10.1 Å². The van der Waals surface area contributed by atoms with E-state index in [0.717, 1.165) is 16.7 Å². The average Bonchev–Trinajstić information content (AvgIpc) is 2.32. The molecule has 0 amide bonds. The van der Waals surface area contributed by atoms with Gasteiger partial charge in [0.25, 0.3) is 0 Å². The summed E-state index contributed by atoms with van der Waals surface area (Å²) in [6.45, 7) is 1.97. The van der Waals surface area contributed by atoms with Gasteiger partial charge in [-0.25, -0.2) is 4.98 Å². The van der Waals surface area contributed by atoms with Crippen LogP contribution in [0.2, 0.25) is 0 Å². The normalized spacial score (nSPS) is 10.3. The van der Waals surface area contributed by atoms with E-state index >= 15 is 0 Å². The molecule has 2 rings (SSSR count). The molecule has 0 radical (unpaired) electrons. The van der Waals surface area contributed by atoms with E-state index in [1.165, 1.54) is 11.8 Å². The van der Waals surface area contributed by atoms with Crippen LogP contribution in [0, 0.1) is 17.0 Å². The first-order valence-electron chi connectivity index (χ1n) is 5.07. The standard InChI is InChI=1S/C11H10N4O2S/c1-7-2-4-8(5-3-7)18-10-9(15(16)17)6-13-11(12)14-10/h2-6H,1H3,(H2,12,13,14). The quantitative estimate of drug-likeness (QED) is 0.518. The van der Waals surface area contributed by atoms with E-state index < -0.39 is 4.92 Å². The topological polar surface area (TPSA) is 94.9 Å². The van der Waals surface area contributed by atoms with E-state index in [0.29, 0.717) is 0 Å². The molecule has 0 aliphatic carbocycles. The number of anilines is 1. The second kappa shape index (κ2) is 5.01. The number of aromatic nitrogens is 2. The molecule has 0 aliphatic heterocycles. The van der Waals surface area contributed by atoms with Crippen molar-refractivity contribution >= 4 is 23.4 Å². The third-order valence-electron chi connectivity index (χ3n) is 2.19. The summed E-state index contributed by atoms with van der Waals surface area (Å²) in [5.41, 5.74) is 6.42. The van der Waals surface area contributed by atoms with Gasteiger partial charge in [0.05, 0.1) is 4.92 Å². The molecule has 2 N–H and O–H groups in total. The Bertz CT molecular complexity index is 586. The molecule has 0 spiro atoms. The Morgan fingerprint density at radius 1 is 1.33 bits per heavy atom. The minimum Gasteiger partial charge on any atom is -0.368 e. The SMILES string of the molecule is Cc1ccc(Sc2nc(N)ncc2[N+](=O)[O-])cc1. The van der Waals surface area contributed by atoms with Gasteiger partial charge < -0.3 is 5.73 Å². The van der Waals surface area contributed by atoms with Crippen molar-refractivity contribution < 1.29 is 4.92 Å². The van der Waals surface area contributed by atoms with Gasteiger partial charge in [0.1, 0.15) is 6.20 Å². The van der Waals surface area contributed by atoms with Crippen molar-refractivity contribution in [1.29, 1.82) is 0 Å². The fraction of sp³-hybridized carbons (Fsp3) is 0.0909. The Hall–Kier alpha value is -2.15. The number of nitrogens with two attached hydrogens (primary N) is 1.